The van der Waals surface area contributed by atoms with Gasteiger partial charge in [-0.2, -0.15) is 0 Å². The van der Waals surface area contributed by atoms with Crippen molar-refractivity contribution in [2.24, 2.45) is 0 Å². The first-order valence-electron chi connectivity index (χ1n) is 20.1. The third-order valence-electron chi connectivity index (χ3n) is 11.3. The van der Waals surface area contributed by atoms with Crippen LogP contribution in [0.25, 0.3) is 22.1 Å². The van der Waals surface area contributed by atoms with Crippen molar-refractivity contribution in [3.63, 3.8) is 0 Å². The van der Waals surface area contributed by atoms with E-state index in [0.717, 1.165) is 33.2 Å². The van der Waals surface area contributed by atoms with Gasteiger partial charge in [0.1, 0.15) is 30.3 Å². The van der Waals surface area contributed by atoms with Crippen LogP contribution in [0.3, 0.4) is 0 Å². The molecule has 7 aromatic rings. The first-order chi connectivity index (χ1) is 29.8. The minimum atomic E-state index is -1.07. The Labute approximate surface area is 349 Å². The second kappa shape index (κ2) is 16.9. The number of pyridine rings is 2. The summed E-state index contributed by atoms with van der Waals surface area (Å²) in [6.45, 7) is 1.55. The van der Waals surface area contributed by atoms with Crippen molar-refractivity contribution in [1.82, 2.24) is 49.5 Å². The van der Waals surface area contributed by atoms with E-state index in [4.69, 9.17) is 14.7 Å². The van der Waals surface area contributed by atoms with Crippen LogP contribution >= 0.6 is 0 Å². The fourth-order valence-corrected chi connectivity index (χ4v) is 8.07. The number of hydrogen-bond donors (Lipinski definition) is 3. The fraction of sp³-hybridized carbons (Fsp3) is 0.244. The number of aryl methyl sites for hydroxylation is 2. The van der Waals surface area contributed by atoms with Crippen LogP contribution in [0, 0.1) is 0 Å². The normalized spacial score (nSPS) is 16.9. The van der Waals surface area contributed by atoms with Crippen LogP contribution in [0.15, 0.2) is 116 Å². The molecule has 0 aliphatic carbocycles. The molecule has 2 aliphatic rings. The maximum Gasteiger partial charge on any atom is 0.410 e. The van der Waals surface area contributed by atoms with E-state index in [1.54, 1.807) is 63.8 Å². The molecule has 308 valence electrons. The summed E-state index contributed by atoms with van der Waals surface area (Å²) in [5.74, 6) is 0.701. The number of fused-ring (bicyclic) bond motifs is 2. The average Bonchev–Trinajstić information content (AvgIpc) is 3.94. The number of rotatable bonds is 9. The molecule has 2 saturated heterocycles. The minimum absolute atomic E-state index is 0.124. The second-order valence-corrected chi connectivity index (χ2v) is 15.2. The fourth-order valence-electron chi connectivity index (χ4n) is 8.07. The highest BCUT2D eigenvalue weighted by molar-refractivity contribution is 5.95. The van der Waals surface area contributed by atoms with E-state index in [-0.39, 0.29) is 51.1 Å². The van der Waals surface area contributed by atoms with E-state index in [0.29, 0.717) is 47.7 Å². The first-order valence-corrected chi connectivity index (χ1v) is 20.1. The largest absolute Gasteiger partial charge is 0.465 e. The van der Waals surface area contributed by atoms with Crippen molar-refractivity contribution in [3.05, 3.63) is 155 Å². The zero-order valence-corrected chi connectivity index (χ0v) is 33.1. The van der Waals surface area contributed by atoms with Gasteiger partial charge in [-0.25, -0.2) is 19.6 Å². The molecule has 0 saturated carbocycles. The number of carbonyl (C=O) groups is 4. The Bertz CT molecular complexity index is 2710. The number of carbonyl (C=O) groups excluding carboxylic acids is 3. The van der Waals surface area contributed by atoms with Crippen molar-refractivity contribution >= 4 is 46.1 Å². The molecule has 3 aromatic carbocycles. The van der Waals surface area contributed by atoms with Crippen molar-refractivity contribution in [3.8, 4) is 0 Å². The highest BCUT2D eigenvalue weighted by atomic mass is 16.6. The van der Waals surface area contributed by atoms with Crippen LogP contribution in [-0.4, -0.2) is 118 Å². The summed E-state index contributed by atoms with van der Waals surface area (Å²) in [5.41, 5.74) is 7.03. The van der Waals surface area contributed by atoms with Gasteiger partial charge in [-0.15, -0.1) is 0 Å². The van der Waals surface area contributed by atoms with Gasteiger partial charge < -0.3 is 29.6 Å². The number of imidazole rings is 2. The molecule has 16 nitrogen and oxygen atoms in total. The summed E-state index contributed by atoms with van der Waals surface area (Å²) in [5, 5.41) is 10.0. The van der Waals surface area contributed by atoms with E-state index < -0.39 is 24.3 Å². The predicted molar refractivity (Wildman–Crippen MR) is 223 cm³/mol. The number of H-pyrrole nitrogens is 2. The van der Waals surface area contributed by atoms with E-state index in [1.807, 2.05) is 60.7 Å². The van der Waals surface area contributed by atoms with Crippen LogP contribution in [-0.2, 0) is 24.2 Å². The monoisotopic (exact) mass is 818 g/mol. The van der Waals surface area contributed by atoms with Crippen LogP contribution in [0.2, 0.25) is 0 Å². The van der Waals surface area contributed by atoms with Crippen LogP contribution < -0.4 is 0 Å². The molecule has 0 spiro atoms. The number of aromatic nitrogens is 6. The molecule has 4 amide bonds. The Hall–Kier alpha value is -7.62. The number of ether oxygens (including phenoxy) is 1. The average molecular weight is 819 g/mol. The lowest BCUT2D eigenvalue weighted by atomic mass is 10.0. The summed E-state index contributed by atoms with van der Waals surface area (Å²) in [6, 6.07) is 26.9. The van der Waals surface area contributed by atoms with Gasteiger partial charge >= 0.3 is 12.2 Å². The van der Waals surface area contributed by atoms with Crippen molar-refractivity contribution < 1.29 is 29.0 Å². The van der Waals surface area contributed by atoms with E-state index in [1.165, 1.54) is 4.90 Å². The Kier molecular flexibility index (Phi) is 10.8. The Balaban J connectivity index is 0.906. The lowest BCUT2D eigenvalue weighted by Gasteiger charge is -2.39. The van der Waals surface area contributed by atoms with Gasteiger partial charge in [0.05, 0.1) is 22.1 Å². The summed E-state index contributed by atoms with van der Waals surface area (Å²) >= 11 is 0. The number of nitrogens with one attached hydrogen (secondary N) is 2. The molecule has 16 heteroatoms. The lowest BCUT2D eigenvalue weighted by Crippen LogP contribution is -2.52. The van der Waals surface area contributed by atoms with Gasteiger partial charge in [-0.1, -0.05) is 42.5 Å². The Morgan fingerprint density at radius 2 is 1.16 bits per heavy atom. The molecule has 61 heavy (non-hydrogen) atoms. The highest BCUT2D eigenvalue weighted by Crippen LogP contribution is 2.30. The molecule has 2 fully saturated rings. The molecule has 2 atom stereocenters. The van der Waals surface area contributed by atoms with Crippen molar-refractivity contribution in [2.75, 3.05) is 39.3 Å². The SMILES string of the molecule is O=C(c1ccncc1)N1CCN(C(=O)O)C(c2nc3cc(CCc4ccc5nc(C6CN(C(=O)c7ccncc7)CCN6C(=O)OCc6ccccc6)[nH]c5c4)ccc3[nH]2)C1. The number of hydrogen-bond acceptors (Lipinski definition) is 9. The molecule has 0 radical (unpaired) electrons. The van der Waals surface area contributed by atoms with E-state index >= 15 is 0 Å². The predicted octanol–water partition coefficient (Wildman–Crippen LogP) is 6.03. The number of nitrogens with zero attached hydrogens (tertiary/aromatic N) is 8. The van der Waals surface area contributed by atoms with Crippen LogP contribution in [0.1, 0.15) is 61.1 Å². The molecular weight excluding hydrogens is 777 g/mol. The number of carboxylic acid groups (broad SMARTS) is 1. The molecule has 2 aliphatic heterocycles. The molecule has 0 bridgehead atoms. The third-order valence-corrected chi connectivity index (χ3v) is 11.3. The van der Waals surface area contributed by atoms with Crippen LogP contribution in [0.4, 0.5) is 9.59 Å². The van der Waals surface area contributed by atoms with E-state index in [2.05, 4.69) is 26.0 Å². The first kappa shape index (κ1) is 38.9. The number of amides is 4. The van der Waals surface area contributed by atoms with Gasteiger partial charge in [-0.3, -0.25) is 29.4 Å². The van der Waals surface area contributed by atoms with Gasteiger partial charge in [0.2, 0.25) is 0 Å². The highest BCUT2D eigenvalue weighted by Gasteiger charge is 2.38. The quantitative estimate of drug-likeness (QED) is 0.155. The summed E-state index contributed by atoms with van der Waals surface area (Å²) < 4.78 is 5.75. The summed E-state index contributed by atoms with van der Waals surface area (Å²) in [4.78, 5) is 83.5. The summed E-state index contributed by atoms with van der Waals surface area (Å²) in [6.07, 6.45) is 6.16. The number of benzene rings is 3. The zero-order valence-electron chi connectivity index (χ0n) is 33.1. The zero-order chi connectivity index (χ0) is 41.9. The molecule has 6 heterocycles. The number of piperazine rings is 2. The van der Waals surface area contributed by atoms with E-state index in [9.17, 15) is 24.3 Å². The summed E-state index contributed by atoms with van der Waals surface area (Å²) in [7, 11) is 0. The van der Waals surface area contributed by atoms with Gasteiger partial charge in [-0.05, 0) is 78.1 Å². The third kappa shape index (κ3) is 8.32. The minimum Gasteiger partial charge on any atom is -0.465 e. The standard InChI is InChI=1S/C45H42N10O6/c56-42(32-12-16-46-17-13-32)52-20-22-54(44(58)59)38(26-52)40-48-34-10-8-29(24-36(34)50-40)6-7-30-9-11-35-37(25-30)51-41(49-35)39-27-53(43(57)33-14-18-47-19-15-33)21-23-55(39)45(60)61-28-31-4-2-1-3-5-31/h1-5,8-19,24-25,38-39H,6-7,20-23,26-28H2,(H,48,50)(H,49,51)(H,58,59). The molecule has 2 unspecified atom stereocenters. The maximum atomic E-state index is 13.6. The molecule has 3 N–H and O–H groups in total. The van der Waals surface area contributed by atoms with Crippen LogP contribution in [0.5, 0.6) is 0 Å². The Morgan fingerprint density at radius 1 is 0.607 bits per heavy atom. The maximum absolute atomic E-state index is 13.6. The lowest BCUT2D eigenvalue weighted by molar-refractivity contribution is 0.0336. The Morgan fingerprint density at radius 3 is 1.80 bits per heavy atom. The van der Waals surface area contributed by atoms with Crippen molar-refractivity contribution in [1.29, 1.82) is 0 Å². The topological polar surface area (TPSA) is 194 Å². The second-order valence-electron chi connectivity index (χ2n) is 15.2. The van der Waals surface area contributed by atoms with Gasteiger partial charge in [0.25, 0.3) is 11.8 Å². The molecular formula is C45H42N10O6. The molecule has 9 rings (SSSR count). The van der Waals surface area contributed by atoms with Gasteiger partial charge in [0, 0.05) is 75.2 Å². The van der Waals surface area contributed by atoms with Gasteiger partial charge in [0.15, 0.2) is 0 Å². The van der Waals surface area contributed by atoms with Crippen molar-refractivity contribution in [2.45, 2.75) is 31.5 Å². The smallest absolute Gasteiger partial charge is 0.410 e. The number of aromatic amines is 2. The molecule has 4 aromatic heterocycles.